The van der Waals surface area contributed by atoms with Crippen LogP contribution in [0.4, 0.5) is 4.79 Å². The predicted octanol–water partition coefficient (Wildman–Crippen LogP) is 0.776. The summed E-state index contributed by atoms with van der Waals surface area (Å²) in [5.74, 6) is -0.740. The van der Waals surface area contributed by atoms with Crippen LogP contribution in [0.25, 0.3) is 10.1 Å². The van der Waals surface area contributed by atoms with E-state index < -0.39 is 18.2 Å². The van der Waals surface area contributed by atoms with Crippen molar-refractivity contribution in [3.05, 3.63) is 35.2 Å². The fourth-order valence-corrected chi connectivity index (χ4v) is 2.88. The number of benzene rings is 1. The van der Waals surface area contributed by atoms with Crippen LogP contribution >= 0.6 is 11.3 Å². The van der Waals surface area contributed by atoms with Gasteiger partial charge in [-0.25, -0.2) is 4.79 Å². The van der Waals surface area contributed by atoms with E-state index in [1.165, 1.54) is 5.01 Å². The number of rotatable bonds is 2. The zero-order chi connectivity index (χ0) is 13.4. The van der Waals surface area contributed by atoms with Crippen molar-refractivity contribution in [1.82, 2.24) is 15.8 Å². The van der Waals surface area contributed by atoms with Crippen molar-refractivity contribution in [2.75, 3.05) is 0 Å². The van der Waals surface area contributed by atoms with Crippen molar-refractivity contribution in [3.63, 3.8) is 0 Å². The first-order valence-electron chi connectivity index (χ1n) is 5.67. The second-order valence-corrected chi connectivity index (χ2v) is 5.08. The van der Waals surface area contributed by atoms with E-state index >= 15 is 0 Å². The van der Waals surface area contributed by atoms with Gasteiger partial charge in [0.15, 0.2) is 0 Å². The molecule has 0 aliphatic carbocycles. The highest BCUT2D eigenvalue weighted by atomic mass is 32.1. The number of amides is 3. The van der Waals surface area contributed by atoms with Gasteiger partial charge >= 0.3 is 6.03 Å². The van der Waals surface area contributed by atoms with Crippen LogP contribution in [0.5, 0.6) is 0 Å². The molecule has 3 rings (SSSR count). The molecule has 6 nitrogen and oxygen atoms in total. The average Bonchev–Trinajstić information content (AvgIpc) is 2.85. The van der Waals surface area contributed by atoms with E-state index in [0.29, 0.717) is 0 Å². The maximum absolute atomic E-state index is 11.7. The Morgan fingerprint density at radius 1 is 1.32 bits per heavy atom. The van der Waals surface area contributed by atoms with Crippen LogP contribution in [0.2, 0.25) is 0 Å². The Kier molecular flexibility index (Phi) is 2.94. The number of aliphatic hydroxyl groups is 1. The Morgan fingerprint density at radius 3 is 3.00 bits per heavy atom. The molecular formula is C12H11N3O3S. The predicted molar refractivity (Wildman–Crippen MR) is 70.0 cm³/mol. The zero-order valence-electron chi connectivity index (χ0n) is 9.79. The lowest BCUT2D eigenvalue weighted by molar-refractivity contribution is -0.135. The second kappa shape index (κ2) is 4.61. The third-order valence-electron chi connectivity index (χ3n) is 2.89. The molecule has 1 aliphatic rings. The SMILES string of the molecule is O=C1NC(=O)N(Cc2cccc3ccsc23)NC1O. The lowest BCUT2D eigenvalue weighted by atomic mass is 10.1. The summed E-state index contributed by atoms with van der Waals surface area (Å²) in [5.41, 5.74) is 3.41. The van der Waals surface area contributed by atoms with Crippen molar-refractivity contribution in [1.29, 1.82) is 0 Å². The Bertz CT molecular complexity index is 654. The molecule has 1 atom stereocenters. The molecule has 1 aromatic carbocycles. The first-order chi connectivity index (χ1) is 9.15. The number of hydrogen-bond acceptors (Lipinski definition) is 5. The van der Waals surface area contributed by atoms with Gasteiger partial charge in [0.05, 0.1) is 6.54 Å². The zero-order valence-corrected chi connectivity index (χ0v) is 10.6. The monoisotopic (exact) mass is 277 g/mol. The lowest BCUT2D eigenvalue weighted by Gasteiger charge is -2.30. The van der Waals surface area contributed by atoms with Crippen LogP contribution in [-0.4, -0.2) is 28.3 Å². The molecule has 1 aliphatic heterocycles. The number of nitrogens with zero attached hydrogens (tertiary/aromatic N) is 1. The molecule has 0 bridgehead atoms. The molecule has 7 heteroatoms. The Balaban J connectivity index is 1.87. The molecule has 0 saturated carbocycles. The number of fused-ring (bicyclic) bond motifs is 1. The second-order valence-electron chi connectivity index (χ2n) is 4.17. The van der Waals surface area contributed by atoms with Crippen molar-refractivity contribution >= 4 is 33.4 Å². The van der Waals surface area contributed by atoms with Crippen molar-refractivity contribution in [3.8, 4) is 0 Å². The number of imide groups is 1. The number of carbonyl (C=O) groups is 2. The topological polar surface area (TPSA) is 81.7 Å². The van der Waals surface area contributed by atoms with Crippen molar-refractivity contribution < 1.29 is 14.7 Å². The molecule has 1 fully saturated rings. The van der Waals surface area contributed by atoms with Gasteiger partial charge < -0.3 is 5.11 Å². The first kappa shape index (κ1) is 12.1. The summed E-state index contributed by atoms with van der Waals surface area (Å²) in [6.45, 7) is 0.272. The summed E-state index contributed by atoms with van der Waals surface area (Å²) in [6, 6.07) is 7.26. The Labute approximate surface area is 112 Å². The third kappa shape index (κ3) is 2.19. The van der Waals surface area contributed by atoms with Gasteiger partial charge in [-0.3, -0.25) is 15.1 Å². The maximum Gasteiger partial charge on any atom is 0.338 e. The van der Waals surface area contributed by atoms with Gasteiger partial charge in [0.25, 0.3) is 5.91 Å². The van der Waals surface area contributed by atoms with Gasteiger partial charge in [-0.15, -0.1) is 11.3 Å². The van der Waals surface area contributed by atoms with Crippen LogP contribution in [0.3, 0.4) is 0 Å². The molecule has 3 amide bonds. The minimum Gasteiger partial charge on any atom is -0.369 e. The van der Waals surface area contributed by atoms with Gasteiger partial charge in [0.1, 0.15) is 0 Å². The quantitative estimate of drug-likeness (QED) is 0.757. The van der Waals surface area contributed by atoms with E-state index in [2.05, 4.69) is 10.7 Å². The molecular weight excluding hydrogens is 266 g/mol. The van der Waals surface area contributed by atoms with E-state index in [1.54, 1.807) is 11.3 Å². The van der Waals surface area contributed by atoms with Crippen LogP contribution in [-0.2, 0) is 11.3 Å². The van der Waals surface area contributed by atoms with Gasteiger partial charge in [0.2, 0.25) is 6.23 Å². The number of hydrazine groups is 1. The van der Waals surface area contributed by atoms with E-state index in [9.17, 15) is 14.7 Å². The highest BCUT2D eigenvalue weighted by Gasteiger charge is 2.30. The fraction of sp³-hybridized carbons (Fsp3) is 0.167. The van der Waals surface area contributed by atoms with Gasteiger partial charge in [-0.2, -0.15) is 5.43 Å². The van der Waals surface area contributed by atoms with Crippen LogP contribution in [0.15, 0.2) is 29.6 Å². The summed E-state index contributed by atoms with van der Waals surface area (Å²) in [6.07, 6.45) is -1.40. The van der Waals surface area contributed by atoms with Gasteiger partial charge in [-0.1, -0.05) is 18.2 Å². The maximum atomic E-state index is 11.7. The van der Waals surface area contributed by atoms with Crippen LogP contribution in [0.1, 0.15) is 5.56 Å². The molecule has 98 valence electrons. The summed E-state index contributed by atoms with van der Waals surface area (Å²) >= 11 is 1.59. The van der Waals surface area contributed by atoms with E-state index in [1.807, 2.05) is 29.6 Å². The smallest absolute Gasteiger partial charge is 0.338 e. The molecule has 1 aromatic heterocycles. The van der Waals surface area contributed by atoms with E-state index in [-0.39, 0.29) is 6.54 Å². The van der Waals surface area contributed by atoms with Gasteiger partial charge in [0, 0.05) is 4.70 Å². The van der Waals surface area contributed by atoms with Crippen LogP contribution < -0.4 is 10.7 Å². The van der Waals surface area contributed by atoms with E-state index in [4.69, 9.17) is 0 Å². The highest BCUT2D eigenvalue weighted by molar-refractivity contribution is 7.17. The molecule has 2 aromatic rings. The van der Waals surface area contributed by atoms with Crippen molar-refractivity contribution in [2.45, 2.75) is 12.8 Å². The number of carbonyl (C=O) groups excluding carboxylic acids is 2. The molecule has 19 heavy (non-hydrogen) atoms. The fourth-order valence-electron chi connectivity index (χ4n) is 1.97. The standard InChI is InChI=1S/C12H11N3O3S/c16-10-11(17)14-15(12(18)13-10)6-8-3-1-2-7-4-5-19-9(7)8/h1-5,11,14,17H,6H2,(H,13,16,18). The first-order valence-corrected chi connectivity index (χ1v) is 6.55. The summed E-state index contributed by atoms with van der Waals surface area (Å²) in [7, 11) is 0. The molecule has 3 N–H and O–H groups in total. The minimum absolute atomic E-state index is 0.272. The normalized spacial score (nSPS) is 19.8. The summed E-state index contributed by atoms with van der Waals surface area (Å²) in [5, 5.41) is 15.8. The molecule has 2 heterocycles. The third-order valence-corrected chi connectivity index (χ3v) is 3.90. The van der Waals surface area contributed by atoms with Crippen LogP contribution in [0, 0.1) is 0 Å². The number of thiophene rings is 1. The van der Waals surface area contributed by atoms with Crippen molar-refractivity contribution in [2.24, 2.45) is 0 Å². The largest absolute Gasteiger partial charge is 0.369 e. The number of urea groups is 1. The average molecular weight is 277 g/mol. The van der Waals surface area contributed by atoms with Gasteiger partial charge in [-0.05, 0) is 22.4 Å². The summed E-state index contributed by atoms with van der Waals surface area (Å²) in [4.78, 5) is 22.8. The number of nitrogens with one attached hydrogen (secondary N) is 2. The van der Waals surface area contributed by atoms with E-state index in [0.717, 1.165) is 15.6 Å². The number of hydrogen-bond donors (Lipinski definition) is 3. The highest BCUT2D eigenvalue weighted by Crippen LogP contribution is 2.25. The molecule has 0 spiro atoms. The minimum atomic E-state index is -1.40. The number of aliphatic hydroxyl groups excluding tert-OH is 1. The molecule has 0 radical (unpaired) electrons. The molecule has 1 unspecified atom stereocenters. The lowest BCUT2D eigenvalue weighted by Crippen LogP contribution is -2.63. The Morgan fingerprint density at radius 2 is 2.16 bits per heavy atom. The Hall–Kier alpha value is -1.96. The summed E-state index contributed by atoms with van der Waals surface area (Å²) < 4.78 is 1.09. The molecule has 1 saturated heterocycles.